The van der Waals surface area contributed by atoms with Crippen LogP contribution in [0.5, 0.6) is 5.75 Å². The molecule has 0 aromatic heterocycles. The summed E-state index contributed by atoms with van der Waals surface area (Å²) in [5.74, 6) is -1.19. The summed E-state index contributed by atoms with van der Waals surface area (Å²) < 4.78 is 5.84. The van der Waals surface area contributed by atoms with Gasteiger partial charge < -0.3 is 72.4 Å². The largest absolute Gasteiger partial charge is 0.492 e. The van der Waals surface area contributed by atoms with E-state index >= 15 is 0 Å². The highest BCUT2D eigenvalue weighted by Crippen LogP contribution is 2.27. The molecular weight excluding hydrogens is 734 g/mol. The van der Waals surface area contributed by atoms with Crippen molar-refractivity contribution in [2.45, 2.75) is 92.2 Å². The zero-order valence-corrected chi connectivity index (χ0v) is 30.1. The predicted octanol–water partition coefficient (Wildman–Crippen LogP) is -5.13. The van der Waals surface area contributed by atoms with Crippen LogP contribution in [-0.2, 0) is 30.7 Å². The fraction of sp³-hybridized carbons (Fsp3) is 0.677. The molecule has 0 aliphatic carbocycles. The average molecular weight is 786 g/mol. The fourth-order valence-electron chi connectivity index (χ4n) is 4.56. The van der Waals surface area contributed by atoms with Crippen LogP contribution in [0.1, 0.15) is 30.9 Å². The first-order valence-corrected chi connectivity index (χ1v) is 18.0. The third kappa shape index (κ3) is 16.8. The van der Waals surface area contributed by atoms with Gasteiger partial charge >= 0.3 is 5.97 Å². The molecule has 0 spiro atoms. The highest BCUT2D eigenvalue weighted by Gasteiger charge is 2.34. The second-order valence-electron chi connectivity index (χ2n) is 12.1. The van der Waals surface area contributed by atoms with Crippen molar-refractivity contribution in [3.05, 3.63) is 29.3 Å². The zero-order chi connectivity index (χ0) is 39.7. The van der Waals surface area contributed by atoms with Gasteiger partial charge in [0, 0.05) is 37.6 Å². The number of Topliss-reactive ketones (excluding diaryl/α,β-unsaturated/α-hetero) is 1. The van der Waals surface area contributed by atoms with Gasteiger partial charge in [0.15, 0.2) is 0 Å². The molecule has 0 radical (unpaired) electrons. The second kappa shape index (κ2) is 24.2. The number of ether oxygens (including phenoxy) is 1. The number of nitrogens with two attached hydrogens (primary N) is 2. The molecule has 0 unspecified atom stereocenters. The fourth-order valence-corrected chi connectivity index (χ4v) is 6.31. The number of nitrogens with zero attached hydrogens (tertiary/aromatic N) is 1. The molecule has 21 heteroatoms. The highest BCUT2D eigenvalue weighted by atomic mass is 32.2. The van der Waals surface area contributed by atoms with Crippen LogP contribution in [0.4, 0.5) is 0 Å². The first-order chi connectivity index (χ1) is 24.3. The molecule has 0 fully saturated rings. The summed E-state index contributed by atoms with van der Waals surface area (Å²) in [6, 6.07) is 2.37. The summed E-state index contributed by atoms with van der Waals surface area (Å²) in [5.41, 5.74) is 12.6. The molecule has 0 saturated heterocycles. The summed E-state index contributed by atoms with van der Waals surface area (Å²) in [7, 11) is 0. The molecule has 0 heterocycles. The van der Waals surface area contributed by atoms with Crippen molar-refractivity contribution in [3.63, 3.8) is 0 Å². The normalized spacial score (nSPS) is 17.7. The van der Waals surface area contributed by atoms with Crippen molar-refractivity contribution < 1.29 is 80.1 Å². The van der Waals surface area contributed by atoms with Crippen molar-refractivity contribution in [2.75, 3.05) is 39.5 Å². The zero-order valence-electron chi connectivity index (χ0n) is 28.5. The topological polar surface area (TPSA) is 355 Å². The van der Waals surface area contributed by atoms with Crippen molar-refractivity contribution in [1.29, 1.82) is 0 Å². The Bertz CT molecular complexity index is 1250. The summed E-state index contributed by atoms with van der Waals surface area (Å²) in [4.78, 5) is 48.6. The summed E-state index contributed by atoms with van der Waals surface area (Å²) in [6.07, 6.45) is -15.8. The molecule has 0 aliphatic rings. The van der Waals surface area contributed by atoms with E-state index in [2.05, 4.69) is 0 Å². The van der Waals surface area contributed by atoms with E-state index < -0.39 is 110 Å². The minimum atomic E-state index is -1.98. The molecule has 0 aliphatic heterocycles. The van der Waals surface area contributed by atoms with Crippen LogP contribution < -0.4 is 16.2 Å². The third-order valence-electron chi connectivity index (χ3n) is 7.64. The summed E-state index contributed by atoms with van der Waals surface area (Å²) >= 11 is 1.60. The number of aliphatic hydroxyl groups is 10. The van der Waals surface area contributed by atoms with E-state index in [-0.39, 0.29) is 42.6 Å². The Morgan fingerprint density at radius 1 is 0.712 bits per heavy atom. The number of hydrogen-bond acceptors (Lipinski definition) is 20. The van der Waals surface area contributed by atoms with Gasteiger partial charge in [-0.2, -0.15) is 0 Å². The Balaban J connectivity index is 3.20. The van der Waals surface area contributed by atoms with Gasteiger partial charge in [-0.1, -0.05) is 29.6 Å². The number of rotatable bonds is 26. The molecular formula is C31H51N3O16S2. The Morgan fingerprint density at radius 3 is 1.60 bits per heavy atom. The number of carbonyl (C=O) groups is 4. The van der Waals surface area contributed by atoms with Crippen LogP contribution >= 0.6 is 23.5 Å². The number of aliphatic hydroxyl groups excluding tert-OH is 10. The maximum absolute atomic E-state index is 12.6. The maximum Gasteiger partial charge on any atom is 0.305 e. The molecule has 0 bridgehead atoms. The third-order valence-corrected chi connectivity index (χ3v) is 9.73. The van der Waals surface area contributed by atoms with Crippen LogP contribution in [0, 0.1) is 0 Å². The maximum atomic E-state index is 12.6. The minimum absolute atomic E-state index is 0.0389. The van der Waals surface area contributed by atoms with Gasteiger partial charge in [0.05, 0.1) is 43.9 Å². The van der Waals surface area contributed by atoms with E-state index in [0.29, 0.717) is 11.1 Å². The first-order valence-electron chi connectivity index (χ1n) is 16.0. The molecule has 19 nitrogen and oxygen atoms in total. The van der Waals surface area contributed by atoms with Crippen LogP contribution in [-0.4, -0.2) is 183 Å². The highest BCUT2D eigenvalue weighted by molar-refractivity contribution is 8.13. The van der Waals surface area contributed by atoms with Gasteiger partial charge in [-0.25, -0.2) is 0 Å². The number of carbonyl (C=O) groups excluding carboxylic acids is 3. The van der Waals surface area contributed by atoms with Gasteiger partial charge in [-0.15, -0.1) is 0 Å². The molecule has 52 heavy (non-hydrogen) atoms. The van der Waals surface area contributed by atoms with Gasteiger partial charge in [0.25, 0.3) is 0 Å². The molecule has 1 aromatic carbocycles. The minimum Gasteiger partial charge on any atom is -0.492 e. The Labute approximate surface area is 308 Å². The summed E-state index contributed by atoms with van der Waals surface area (Å²) in [6.45, 7) is -1.93. The van der Waals surface area contributed by atoms with E-state index in [1.165, 1.54) is 17.9 Å². The molecule has 0 saturated carbocycles. The lowest BCUT2D eigenvalue weighted by atomic mass is 10.0. The Morgan fingerprint density at radius 2 is 1.15 bits per heavy atom. The van der Waals surface area contributed by atoms with Crippen molar-refractivity contribution >= 4 is 45.5 Å². The Kier molecular flexibility index (Phi) is 22.2. The number of carboxylic acid groups (broad SMARTS) is 1. The summed E-state index contributed by atoms with van der Waals surface area (Å²) in [5, 5.41) is 107. The first kappa shape index (κ1) is 47.7. The van der Waals surface area contributed by atoms with E-state index in [1.807, 2.05) is 0 Å². The molecule has 1 aromatic rings. The van der Waals surface area contributed by atoms with E-state index in [0.717, 1.165) is 23.5 Å². The number of ketones is 1. The van der Waals surface area contributed by atoms with Crippen molar-refractivity contribution in [2.24, 2.45) is 11.5 Å². The average Bonchev–Trinajstić information content (AvgIpc) is 3.10. The van der Waals surface area contributed by atoms with Gasteiger partial charge in [-0.05, 0) is 30.2 Å². The van der Waals surface area contributed by atoms with E-state index in [1.54, 1.807) is 12.1 Å². The van der Waals surface area contributed by atoms with Crippen molar-refractivity contribution in [1.82, 2.24) is 4.90 Å². The van der Waals surface area contributed by atoms with Crippen LogP contribution in [0.3, 0.4) is 0 Å². The Hall–Kier alpha value is -2.32. The number of hydrogen-bond donors (Lipinski definition) is 13. The number of carboxylic acids is 1. The SMILES string of the molecule is CC(=O)C[C@H](N)C(=O)SCc1cc(OCCN(C[C@H](O)[C@@H](O)[C@H](O)[C@H](O)CO)C[C@H](O)[C@@H](O)[C@H](O)[C@H](O)CO)ccc1CSC(=O)[C@@H](N)CC(=O)O. The molecule has 298 valence electrons. The lowest BCUT2D eigenvalue weighted by Crippen LogP contribution is -2.53. The lowest BCUT2D eigenvalue weighted by Gasteiger charge is -2.33. The number of aliphatic carboxylic acids is 1. The second-order valence-corrected chi connectivity index (χ2v) is 14.0. The number of thioether (sulfide) groups is 2. The monoisotopic (exact) mass is 785 g/mol. The van der Waals surface area contributed by atoms with Crippen LogP contribution in [0.2, 0.25) is 0 Å². The molecule has 1 rings (SSSR count). The van der Waals surface area contributed by atoms with Gasteiger partial charge in [0.2, 0.25) is 10.2 Å². The van der Waals surface area contributed by atoms with E-state index in [9.17, 15) is 60.0 Å². The molecule has 15 N–H and O–H groups in total. The molecule has 0 amide bonds. The smallest absolute Gasteiger partial charge is 0.305 e. The molecule has 10 atom stereocenters. The van der Waals surface area contributed by atoms with Crippen LogP contribution in [0.25, 0.3) is 0 Å². The number of benzene rings is 1. The lowest BCUT2D eigenvalue weighted by molar-refractivity contribution is -0.138. The quantitative estimate of drug-likeness (QED) is 0.0418. The van der Waals surface area contributed by atoms with Crippen molar-refractivity contribution in [3.8, 4) is 5.75 Å². The van der Waals surface area contributed by atoms with Crippen LogP contribution in [0.15, 0.2) is 18.2 Å². The van der Waals surface area contributed by atoms with E-state index in [4.69, 9.17) is 31.5 Å². The predicted molar refractivity (Wildman–Crippen MR) is 187 cm³/mol. The van der Waals surface area contributed by atoms with Gasteiger partial charge in [0.1, 0.15) is 54.8 Å². The standard InChI is InChI=1S/C31H51N3O16S2/c1-15(37)6-19(32)30(48)52-14-17-7-18(3-2-16(17)13-51-31(49)20(33)8-25(42)43)50-5-4-34(9-21(38)26(44)28(46)23(40)11-35)10-22(39)27(45)29(47)24(41)12-36/h2-3,7,19-24,26-29,35-36,38-41,44-47H,4-6,8-14,32-33H2,1H3,(H,42,43)/t19-,20-,21-,22-,23+,24+,26+,27+,28+,29+/m0/s1. The van der Waals surface area contributed by atoms with Gasteiger partial charge in [-0.3, -0.25) is 24.1 Å².